The van der Waals surface area contributed by atoms with Gasteiger partial charge in [0.25, 0.3) is 0 Å². The molecule has 0 spiro atoms. The third kappa shape index (κ3) is 4.10. The van der Waals surface area contributed by atoms with E-state index in [9.17, 15) is 13.2 Å². The number of piperidine rings is 1. The van der Waals surface area contributed by atoms with Crippen LogP contribution < -0.4 is 0 Å². The molecular formula is C13H17NO4S. The lowest BCUT2D eigenvalue weighted by molar-refractivity contribution is -0.138. The second kappa shape index (κ2) is 6.94. The molecule has 1 rings (SSSR count). The smallest absolute Gasteiger partial charge is 0.303 e. The first-order valence-electron chi connectivity index (χ1n) is 5.78. The summed E-state index contributed by atoms with van der Waals surface area (Å²) in [6.45, 7) is 7.33. The molecule has 0 saturated carbocycles. The van der Waals surface area contributed by atoms with Gasteiger partial charge < -0.3 is 5.11 Å². The van der Waals surface area contributed by atoms with Crippen LogP contribution in [0.25, 0.3) is 0 Å². The fourth-order valence-electron chi connectivity index (χ4n) is 2.13. The van der Waals surface area contributed by atoms with Gasteiger partial charge in [0.05, 0.1) is 12.1 Å². The topological polar surface area (TPSA) is 74.7 Å². The maximum absolute atomic E-state index is 11.3. The predicted molar refractivity (Wildman–Crippen MR) is 73.9 cm³/mol. The summed E-state index contributed by atoms with van der Waals surface area (Å²) in [5.41, 5.74) is 1.29. The van der Waals surface area contributed by atoms with E-state index in [1.165, 1.54) is 10.4 Å². The van der Waals surface area contributed by atoms with Gasteiger partial charge in [-0.1, -0.05) is 31.4 Å². The minimum absolute atomic E-state index is 0.0600. The highest BCUT2D eigenvalue weighted by Gasteiger charge is 2.29. The van der Waals surface area contributed by atoms with Gasteiger partial charge in [-0.3, -0.25) is 9.10 Å². The molecule has 0 bridgehead atoms. The number of hydrogen-bond donors (Lipinski definition) is 2. The minimum atomic E-state index is -2.81. The Kier molecular flexibility index (Phi) is 5.57. The van der Waals surface area contributed by atoms with Crippen molar-refractivity contribution in [3.05, 3.63) is 48.7 Å². The molecule has 0 radical (unpaired) electrons. The van der Waals surface area contributed by atoms with Crippen LogP contribution in [0.2, 0.25) is 0 Å². The lowest BCUT2D eigenvalue weighted by Gasteiger charge is -2.33. The molecule has 1 aliphatic heterocycles. The summed E-state index contributed by atoms with van der Waals surface area (Å²) < 4.78 is 23.8. The standard InChI is InChI=1S/C13H17NO4S/c1-3-5-11-7-10(8-13(15)16)9-14(19(17)18)12(11)6-4-2/h3-6,10,19H,1-2,7-9H2,(H,15,16)/b11-5-,12-6+/t10-/m0/s1. The van der Waals surface area contributed by atoms with Crippen molar-refractivity contribution in [1.29, 1.82) is 0 Å². The second-order valence-electron chi connectivity index (χ2n) is 4.20. The van der Waals surface area contributed by atoms with E-state index in [2.05, 4.69) is 13.2 Å². The van der Waals surface area contributed by atoms with E-state index in [0.29, 0.717) is 12.1 Å². The van der Waals surface area contributed by atoms with Gasteiger partial charge in [-0.2, -0.15) is 0 Å². The highest BCUT2D eigenvalue weighted by molar-refractivity contribution is 7.70. The molecule has 0 aromatic heterocycles. The molecule has 1 fully saturated rings. The van der Waals surface area contributed by atoms with Crippen molar-refractivity contribution in [2.24, 2.45) is 5.92 Å². The SMILES string of the molecule is C=C/C=C1/C[C@@H](CC(=O)O)CN([SH](=O)=O)/C1=C/C=C. The predicted octanol–water partition coefficient (Wildman–Crippen LogP) is 1.49. The largest absolute Gasteiger partial charge is 0.481 e. The number of aliphatic carboxylic acids is 1. The number of nitrogens with zero attached hydrogens (tertiary/aromatic N) is 1. The second-order valence-corrected chi connectivity index (χ2v) is 5.16. The summed E-state index contributed by atoms with van der Waals surface area (Å²) in [5.74, 6) is -1.17. The molecule has 19 heavy (non-hydrogen) atoms. The Morgan fingerprint density at radius 2 is 2.00 bits per heavy atom. The molecule has 0 amide bonds. The first-order valence-corrected chi connectivity index (χ1v) is 6.91. The summed E-state index contributed by atoms with van der Waals surface area (Å²) in [5, 5.41) is 8.84. The van der Waals surface area contributed by atoms with Gasteiger partial charge in [-0.15, -0.1) is 0 Å². The Morgan fingerprint density at radius 3 is 2.47 bits per heavy atom. The molecule has 0 unspecified atom stereocenters. The number of rotatable bonds is 5. The molecule has 1 saturated heterocycles. The van der Waals surface area contributed by atoms with Crippen molar-refractivity contribution in [2.75, 3.05) is 6.54 Å². The van der Waals surface area contributed by atoms with Gasteiger partial charge in [0.1, 0.15) is 0 Å². The summed E-state index contributed by atoms with van der Waals surface area (Å²) >= 11 is 0. The number of carbonyl (C=O) groups is 1. The van der Waals surface area contributed by atoms with Crippen LogP contribution in [0, 0.1) is 5.92 Å². The van der Waals surface area contributed by atoms with Crippen molar-refractivity contribution in [3.8, 4) is 0 Å². The zero-order valence-corrected chi connectivity index (χ0v) is 11.4. The van der Waals surface area contributed by atoms with Gasteiger partial charge in [0.2, 0.25) is 10.9 Å². The van der Waals surface area contributed by atoms with E-state index < -0.39 is 16.9 Å². The fourth-order valence-corrected chi connectivity index (χ4v) is 2.86. The van der Waals surface area contributed by atoms with Gasteiger partial charge in [-0.25, -0.2) is 8.42 Å². The van der Waals surface area contributed by atoms with Gasteiger partial charge in [0, 0.05) is 6.54 Å². The number of carboxylic acids is 1. The third-order valence-corrected chi connectivity index (χ3v) is 3.57. The Bertz CT molecular complexity index is 509. The third-order valence-electron chi connectivity index (χ3n) is 2.80. The normalized spacial score (nSPS) is 23.8. The van der Waals surface area contributed by atoms with Crippen LogP contribution in [0.3, 0.4) is 0 Å². The first-order chi connectivity index (χ1) is 8.99. The average molecular weight is 283 g/mol. The van der Waals surface area contributed by atoms with Gasteiger partial charge >= 0.3 is 5.97 Å². The van der Waals surface area contributed by atoms with Gasteiger partial charge in [-0.05, 0) is 24.0 Å². The Hall–Kier alpha value is -1.82. The van der Waals surface area contributed by atoms with Crippen molar-refractivity contribution >= 4 is 16.9 Å². The molecule has 0 aromatic rings. The molecule has 1 heterocycles. The minimum Gasteiger partial charge on any atom is -0.481 e. The van der Waals surface area contributed by atoms with Crippen LogP contribution in [-0.2, 0) is 15.7 Å². The number of allylic oxidation sites excluding steroid dienone is 5. The molecule has 0 aliphatic carbocycles. The Balaban J connectivity index is 3.15. The molecule has 104 valence electrons. The Morgan fingerprint density at radius 1 is 1.37 bits per heavy atom. The highest BCUT2D eigenvalue weighted by Crippen LogP contribution is 2.32. The lowest BCUT2D eigenvalue weighted by Crippen LogP contribution is -2.35. The van der Waals surface area contributed by atoms with E-state index in [-0.39, 0.29) is 18.9 Å². The van der Waals surface area contributed by atoms with E-state index in [1.807, 2.05) is 0 Å². The lowest BCUT2D eigenvalue weighted by atomic mass is 9.90. The van der Waals surface area contributed by atoms with Crippen molar-refractivity contribution in [3.63, 3.8) is 0 Å². The van der Waals surface area contributed by atoms with E-state index in [1.54, 1.807) is 18.2 Å². The molecule has 6 heteroatoms. The van der Waals surface area contributed by atoms with Crippen LogP contribution in [0.15, 0.2) is 48.7 Å². The molecule has 0 aromatic carbocycles. The van der Waals surface area contributed by atoms with E-state index in [4.69, 9.17) is 5.11 Å². The van der Waals surface area contributed by atoms with Crippen molar-refractivity contribution < 1.29 is 18.3 Å². The van der Waals surface area contributed by atoms with Crippen LogP contribution in [0.5, 0.6) is 0 Å². The molecular weight excluding hydrogens is 266 g/mol. The zero-order valence-electron chi connectivity index (χ0n) is 10.5. The zero-order chi connectivity index (χ0) is 14.4. The average Bonchev–Trinajstić information content (AvgIpc) is 2.31. The Labute approximate surface area is 114 Å². The maximum atomic E-state index is 11.3. The quantitative estimate of drug-likeness (QED) is 0.750. The summed E-state index contributed by atoms with van der Waals surface area (Å²) in [4.78, 5) is 10.8. The monoisotopic (exact) mass is 283 g/mol. The molecule has 1 atom stereocenters. The van der Waals surface area contributed by atoms with E-state index >= 15 is 0 Å². The summed E-state index contributed by atoms with van der Waals surface area (Å²) in [7, 11) is -2.81. The van der Waals surface area contributed by atoms with E-state index in [0.717, 1.165) is 5.57 Å². The summed E-state index contributed by atoms with van der Waals surface area (Å²) in [6, 6.07) is 0. The van der Waals surface area contributed by atoms with Gasteiger partial charge in [0.15, 0.2) is 0 Å². The summed E-state index contributed by atoms with van der Waals surface area (Å²) in [6.07, 6.45) is 6.83. The van der Waals surface area contributed by atoms with Crippen molar-refractivity contribution in [2.45, 2.75) is 12.8 Å². The first kappa shape index (κ1) is 15.2. The van der Waals surface area contributed by atoms with Crippen LogP contribution in [0.1, 0.15) is 12.8 Å². The highest BCUT2D eigenvalue weighted by atomic mass is 32.2. The maximum Gasteiger partial charge on any atom is 0.303 e. The van der Waals surface area contributed by atoms with Crippen molar-refractivity contribution in [1.82, 2.24) is 4.31 Å². The molecule has 5 nitrogen and oxygen atoms in total. The molecule has 1 aliphatic rings. The number of carboxylic acid groups (broad SMARTS) is 1. The number of hydrogen-bond acceptors (Lipinski definition) is 3. The fraction of sp³-hybridized carbons (Fsp3) is 0.308. The van der Waals surface area contributed by atoms with Crippen LogP contribution in [0.4, 0.5) is 0 Å². The van der Waals surface area contributed by atoms with Crippen LogP contribution in [-0.4, -0.2) is 30.3 Å². The van der Waals surface area contributed by atoms with Crippen LogP contribution >= 0.6 is 0 Å². The molecule has 1 N–H and O–H groups in total. The number of thiol groups is 1.